The molecule has 0 spiro atoms. The minimum absolute atomic E-state index is 1.32. The Bertz CT molecular complexity index is 403. The second-order valence-corrected chi connectivity index (χ2v) is 4.02. The van der Waals surface area contributed by atoms with Gasteiger partial charge in [-0.25, -0.2) is 12.1 Å². The Hall–Kier alpha value is -1.52. The van der Waals surface area contributed by atoms with Gasteiger partial charge in [0.1, 0.15) is 0 Å². The van der Waals surface area contributed by atoms with Crippen molar-refractivity contribution in [1.82, 2.24) is 0 Å². The number of hydrogen-bond donors (Lipinski definition) is 0. The minimum Gasteiger partial charge on any atom is -0.999 e. The molecule has 0 aliphatic carbocycles. The molecule has 3 aromatic carbocycles. The molecular weight excluding hydrogens is 388 g/mol. The van der Waals surface area contributed by atoms with Gasteiger partial charge in [-0.15, -0.1) is 0 Å². The molecule has 3 aromatic rings. The van der Waals surface area contributed by atoms with E-state index in [9.17, 15) is 0 Å². The van der Waals surface area contributed by atoms with Crippen LogP contribution in [0.1, 0.15) is 5.56 Å². The Morgan fingerprint density at radius 1 is 0.889 bits per heavy atom. The summed E-state index contributed by atoms with van der Waals surface area (Å²) in [5, 5.41) is 0. The van der Waals surface area contributed by atoms with E-state index in [0.717, 1.165) is 0 Å². The second-order valence-electron chi connectivity index (χ2n) is 3.17. The van der Waals surface area contributed by atoms with Crippen LogP contribution in [-0.4, -0.2) is 4.40 Å². The van der Waals surface area contributed by atoms with Gasteiger partial charge in [-0.05, 0) is 0 Å². The first-order valence-electron chi connectivity index (χ1n) is 5.43. The van der Waals surface area contributed by atoms with E-state index in [1.165, 1.54) is 24.9 Å². The summed E-state index contributed by atoms with van der Waals surface area (Å²) in [6, 6.07) is 32.3. The Balaban J connectivity index is 0.000000141. The van der Waals surface area contributed by atoms with Crippen molar-refractivity contribution in [1.29, 1.82) is 0 Å². The Morgan fingerprint density at radius 3 is 1.78 bits per heavy atom. The molecule has 1 heteroatoms. The molecule has 0 unspecified atom stereocenters. The van der Waals surface area contributed by atoms with Crippen molar-refractivity contribution in [2.75, 3.05) is 0 Å². The van der Waals surface area contributed by atoms with Crippen molar-refractivity contribution < 1.29 is 19.4 Å². The summed E-state index contributed by atoms with van der Waals surface area (Å²) in [6.07, 6.45) is 0. The summed E-state index contributed by atoms with van der Waals surface area (Å²) < 4.78 is 2.17. The molecule has 0 aliphatic rings. The van der Waals surface area contributed by atoms with Crippen LogP contribution in [0.25, 0.3) is 0 Å². The molecule has 0 amide bonds. The van der Waals surface area contributed by atoms with Gasteiger partial charge in [0.15, 0.2) is 0 Å². The fraction of sp³-hybridized carbons (Fsp3) is 0. The van der Waals surface area contributed by atoms with Crippen molar-refractivity contribution in [3.8, 4) is 0 Å². The van der Waals surface area contributed by atoms with Crippen LogP contribution in [0.15, 0.2) is 66.7 Å². The molecule has 18 heavy (non-hydrogen) atoms. The zero-order chi connectivity index (χ0) is 12.9. The Kier molecular flexibility index (Phi) is 8.58. The first-order chi connectivity index (χ1) is 8.93. The predicted octanol–water partition coefficient (Wildman–Crippen LogP) is 3.40. The Morgan fingerprint density at radius 2 is 1.50 bits per heavy atom. The van der Waals surface area contributed by atoms with Crippen molar-refractivity contribution in [2.24, 2.45) is 0 Å². The summed E-state index contributed by atoms with van der Waals surface area (Å²) in [4.78, 5) is 0. The van der Waals surface area contributed by atoms with E-state index in [1.807, 2.05) is 36.4 Å². The van der Waals surface area contributed by atoms with E-state index in [4.69, 9.17) is 0 Å². The number of benzene rings is 1. The van der Waals surface area contributed by atoms with Gasteiger partial charge in [-0.1, -0.05) is 0 Å². The summed E-state index contributed by atoms with van der Waals surface area (Å²) in [6.45, 7) is 0. The summed E-state index contributed by atoms with van der Waals surface area (Å²) in [5.74, 6) is 0. The van der Waals surface area contributed by atoms with Gasteiger partial charge in [0.05, 0.1) is 0 Å². The maximum absolute atomic E-state index is 2.62. The van der Waals surface area contributed by atoms with Crippen LogP contribution in [-0.2, 0) is 19.4 Å². The first-order valence-corrected chi connectivity index (χ1v) is 7.12. The molecular formula is C17H12W-6. The molecule has 92 valence electrons. The topological polar surface area (TPSA) is 0 Å². The van der Waals surface area contributed by atoms with Crippen molar-refractivity contribution in [3.05, 3.63) is 96.6 Å². The van der Waals surface area contributed by atoms with Gasteiger partial charge in [0.25, 0.3) is 0 Å². The van der Waals surface area contributed by atoms with Crippen LogP contribution in [0.4, 0.5) is 0 Å². The van der Waals surface area contributed by atoms with Crippen LogP contribution >= 0.6 is 0 Å². The third kappa shape index (κ3) is 7.70. The SMILES string of the molecule is [W]=[CH]c1ccccc1.[c-]1[c-][c-][cH-][c-]1.c1cc[cH-]c1. The quantitative estimate of drug-likeness (QED) is 0.550. The molecule has 0 aromatic heterocycles. The monoisotopic (exact) mass is 400 g/mol. The molecule has 3 rings (SSSR count). The smallest absolute Gasteiger partial charge is 0.172 e. The van der Waals surface area contributed by atoms with Crippen molar-refractivity contribution in [3.63, 3.8) is 0 Å². The third-order valence-corrected chi connectivity index (χ3v) is 2.82. The van der Waals surface area contributed by atoms with Crippen LogP contribution in [0.5, 0.6) is 0 Å². The molecule has 0 radical (unpaired) electrons. The Labute approximate surface area is 120 Å². The minimum atomic E-state index is 1.32. The van der Waals surface area contributed by atoms with Crippen LogP contribution < -0.4 is 0 Å². The van der Waals surface area contributed by atoms with Gasteiger partial charge in [-0.2, -0.15) is 18.2 Å². The van der Waals surface area contributed by atoms with Gasteiger partial charge < -0.3 is 30.3 Å². The molecule has 0 saturated carbocycles. The number of rotatable bonds is 1. The first kappa shape index (κ1) is 14.5. The van der Waals surface area contributed by atoms with E-state index >= 15 is 0 Å². The average Bonchev–Trinajstić information content (AvgIpc) is 3.17. The fourth-order valence-corrected chi connectivity index (χ4v) is 1.60. The summed E-state index contributed by atoms with van der Waals surface area (Å²) >= 11 is 1.51. The van der Waals surface area contributed by atoms with E-state index in [2.05, 4.69) is 52.9 Å². The summed E-state index contributed by atoms with van der Waals surface area (Å²) in [5.41, 5.74) is 1.32. The van der Waals surface area contributed by atoms with E-state index in [-0.39, 0.29) is 0 Å². The maximum Gasteiger partial charge on any atom is -0.172 e. The van der Waals surface area contributed by atoms with Crippen LogP contribution in [0.2, 0.25) is 0 Å². The summed E-state index contributed by atoms with van der Waals surface area (Å²) in [7, 11) is 0. The molecule has 0 nitrogen and oxygen atoms in total. The molecule has 0 N–H and O–H groups in total. The molecule has 0 aliphatic heterocycles. The van der Waals surface area contributed by atoms with Gasteiger partial charge in [0.2, 0.25) is 0 Å². The maximum atomic E-state index is 2.62. The predicted molar refractivity (Wildman–Crippen MR) is 71.0 cm³/mol. The van der Waals surface area contributed by atoms with Crippen molar-refractivity contribution in [2.45, 2.75) is 0 Å². The number of hydrogen-bond acceptors (Lipinski definition) is 0. The largest absolute Gasteiger partial charge is 0.999 e. The van der Waals surface area contributed by atoms with Crippen LogP contribution in [0.3, 0.4) is 0 Å². The van der Waals surface area contributed by atoms with Gasteiger partial charge in [-0.3, -0.25) is 0 Å². The van der Waals surface area contributed by atoms with E-state index < -0.39 is 0 Å². The molecule has 0 fully saturated rings. The normalized spacial score (nSPS) is 8.22. The molecule has 0 saturated heterocycles. The molecule has 0 bridgehead atoms. The van der Waals surface area contributed by atoms with Crippen molar-refractivity contribution >= 4 is 4.40 Å². The van der Waals surface area contributed by atoms with Gasteiger partial charge >= 0.3 is 59.6 Å². The standard InChI is InChI=1S/C7H6.C5H5.C5H.W/c1-7-5-3-2-4-6-7;2*1-2-4-5-3-1;/h1-6H;1-5H;1H;/q;-1;-5;. The molecule has 0 heterocycles. The average molecular weight is 400 g/mol. The van der Waals surface area contributed by atoms with E-state index in [0.29, 0.717) is 0 Å². The second kappa shape index (κ2) is 10.6. The zero-order valence-electron chi connectivity index (χ0n) is 9.84. The fourth-order valence-electron chi connectivity index (χ4n) is 1.03. The third-order valence-electron chi connectivity index (χ3n) is 1.84. The zero-order valence-corrected chi connectivity index (χ0v) is 12.8. The van der Waals surface area contributed by atoms with Gasteiger partial charge in [0, 0.05) is 0 Å². The van der Waals surface area contributed by atoms with E-state index in [1.54, 1.807) is 6.07 Å². The van der Waals surface area contributed by atoms with Crippen LogP contribution in [0, 0.1) is 24.3 Å². The molecule has 0 atom stereocenters.